The molecule has 0 fully saturated rings. The van der Waals surface area contributed by atoms with Gasteiger partial charge in [0, 0.05) is 6.07 Å². The first kappa shape index (κ1) is 26.8. The normalized spacial score (nSPS) is 11.2. The van der Waals surface area contributed by atoms with Crippen LogP contribution in [0.1, 0.15) is 96.8 Å². The quantitative estimate of drug-likeness (QED) is 0.197. The van der Waals surface area contributed by atoms with Crippen molar-refractivity contribution >= 4 is 11.0 Å². The fourth-order valence-electron chi connectivity index (χ4n) is 4.53. The monoisotopic (exact) mass is 478 g/mol. The minimum Gasteiger partial charge on any atom is -0.508 e. The average molecular weight is 479 g/mol. The summed E-state index contributed by atoms with van der Waals surface area (Å²) in [6.45, 7) is 2.95. The van der Waals surface area contributed by atoms with E-state index in [1.807, 2.05) is 6.07 Å². The summed E-state index contributed by atoms with van der Waals surface area (Å²) in [5.74, 6) is 0.896. The third kappa shape index (κ3) is 9.08. The second-order valence-corrected chi connectivity index (χ2v) is 9.63. The van der Waals surface area contributed by atoms with Gasteiger partial charge in [-0.1, -0.05) is 103 Å². The van der Waals surface area contributed by atoms with Crippen molar-refractivity contribution in [1.82, 2.24) is 0 Å². The number of fused-ring (bicyclic) bond motifs is 1. The summed E-state index contributed by atoms with van der Waals surface area (Å²) in [6.07, 6.45) is 20.2. The molecule has 4 nitrogen and oxygen atoms in total. The highest BCUT2D eigenvalue weighted by atomic mass is 16.5. The van der Waals surface area contributed by atoms with Crippen LogP contribution in [0.5, 0.6) is 11.5 Å². The Bertz CT molecular complexity index is 1050. The number of benzene rings is 2. The average Bonchev–Trinajstić information content (AvgIpc) is 2.87. The van der Waals surface area contributed by atoms with Crippen molar-refractivity contribution < 1.29 is 14.3 Å². The van der Waals surface area contributed by atoms with Crippen LogP contribution in [0, 0.1) is 0 Å². The Hall–Kier alpha value is -2.75. The Labute approximate surface area is 210 Å². The van der Waals surface area contributed by atoms with Crippen molar-refractivity contribution in [3.63, 3.8) is 0 Å². The molecule has 4 heteroatoms. The topological polar surface area (TPSA) is 59.7 Å². The van der Waals surface area contributed by atoms with E-state index in [9.17, 15) is 9.90 Å². The van der Waals surface area contributed by atoms with Gasteiger partial charge >= 0.3 is 0 Å². The summed E-state index contributed by atoms with van der Waals surface area (Å²) in [7, 11) is 0. The molecule has 1 aromatic heterocycles. The molecule has 0 radical (unpaired) electrons. The molecule has 3 rings (SSSR count). The number of ether oxygens (including phenoxy) is 1. The molecule has 0 saturated heterocycles. The van der Waals surface area contributed by atoms with Crippen molar-refractivity contribution in [2.24, 2.45) is 0 Å². The van der Waals surface area contributed by atoms with E-state index in [0.717, 1.165) is 17.7 Å². The molecule has 0 bridgehead atoms. The molecule has 0 amide bonds. The van der Waals surface area contributed by atoms with Crippen LogP contribution in [0.25, 0.3) is 22.1 Å². The number of hydrogen-bond donors (Lipinski definition) is 1. The van der Waals surface area contributed by atoms with E-state index in [4.69, 9.17) is 9.15 Å². The van der Waals surface area contributed by atoms with Gasteiger partial charge in [-0.05, 0) is 36.2 Å². The summed E-state index contributed by atoms with van der Waals surface area (Å²) in [6, 6.07) is 11.9. The molecule has 1 heterocycles. The highest BCUT2D eigenvalue weighted by molar-refractivity contribution is 5.82. The number of hydrogen-bond acceptors (Lipinski definition) is 4. The SMILES string of the molecule is CCCCCCCCCCCCCCCCOc1ccc2c(=O)c(-c3ccc(O)cc3)coc2c1. The predicted molar refractivity (Wildman–Crippen MR) is 145 cm³/mol. The maximum atomic E-state index is 12.9. The fraction of sp³-hybridized carbons (Fsp3) is 0.516. The molecule has 2 aromatic carbocycles. The van der Waals surface area contributed by atoms with Crippen molar-refractivity contribution in [3.8, 4) is 22.6 Å². The van der Waals surface area contributed by atoms with E-state index < -0.39 is 0 Å². The summed E-state index contributed by atoms with van der Waals surface area (Å²) in [4.78, 5) is 12.9. The predicted octanol–water partition coefficient (Wildman–Crippen LogP) is 9.03. The van der Waals surface area contributed by atoms with Gasteiger partial charge in [-0.25, -0.2) is 0 Å². The van der Waals surface area contributed by atoms with Gasteiger partial charge in [-0.3, -0.25) is 4.79 Å². The van der Waals surface area contributed by atoms with Crippen molar-refractivity contribution in [2.75, 3.05) is 6.61 Å². The van der Waals surface area contributed by atoms with Crippen LogP contribution in [0.4, 0.5) is 0 Å². The van der Waals surface area contributed by atoms with Gasteiger partial charge in [0.2, 0.25) is 0 Å². The van der Waals surface area contributed by atoms with Crippen LogP contribution >= 0.6 is 0 Å². The zero-order chi connectivity index (χ0) is 24.7. The van der Waals surface area contributed by atoms with E-state index >= 15 is 0 Å². The Morgan fingerprint density at radius 3 is 1.91 bits per heavy atom. The van der Waals surface area contributed by atoms with E-state index in [-0.39, 0.29) is 11.2 Å². The van der Waals surface area contributed by atoms with Crippen molar-refractivity contribution in [2.45, 2.75) is 96.8 Å². The maximum absolute atomic E-state index is 12.9. The molecule has 3 aromatic rings. The summed E-state index contributed by atoms with van der Waals surface area (Å²) >= 11 is 0. The van der Waals surface area contributed by atoms with Crippen molar-refractivity contribution in [1.29, 1.82) is 0 Å². The summed E-state index contributed by atoms with van der Waals surface area (Å²) in [5, 5.41) is 9.99. The third-order valence-corrected chi connectivity index (χ3v) is 6.69. The minimum atomic E-state index is -0.0875. The van der Waals surface area contributed by atoms with E-state index in [0.29, 0.717) is 23.1 Å². The second-order valence-electron chi connectivity index (χ2n) is 9.63. The molecule has 0 spiro atoms. The molecular weight excluding hydrogens is 436 g/mol. The smallest absolute Gasteiger partial charge is 0.200 e. The standard InChI is InChI=1S/C31H42O4/c1-2-3-4-5-6-7-8-9-10-11-12-13-14-15-22-34-27-20-21-28-30(23-27)35-24-29(31(28)33)25-16-18-26(32)19-17-25/h16-21,23-24,32H,2-15,22H2,1H3. The zero-order valence-electron chi connectivity index (χ0n) is 21.4. The molecule has 0 aliphatic heterocycles. The van der Waals surface area contributed by atoms with Crippen LogP contribution < -0.4 is 10.2 Å². The van der Waals surface area contributed by atoms with Crippen LogP contribution in [0.15, 0.2) is 57.9 Å². The highest BCUT2D eigenvalue weighted by Gasteiger charge is 2.10. The minimum absolute atomic E-state index is 0.0875. The van der Waals surface area contributed by atoms with Crippen LogP contribution in [-0.4, -0.2) is 11.7 Å². The third-order valence-electron chi connectivity index (χ3n) is 6.69. The lowest BCUT2D eigenvalue weighted by Gasteiger charge is -2.08. The molecular formula is C31H42O4. The van der Waals surface area contributed by atoms with Gasteiger partial charge in [0.05, 0.1) is 17.6 Å². The molecule has 190 valence electrons. The summed E-state index contributed by atoms with van der Waals surface area (Å²) in [5.41, 5.74) is 1.64. The van der Waals surface area contributed by atoms with Gasteiger partial charge < -0.3 is 14.3 Å². The summed E-state index contributed by atoms with van der Waals surface area (Å²) < 4.78 is 11.6. The largest absolute Gasteiger partial charge is 0.508 e. The molecule has 1 N–H and O–H groups in total. The van der Waals surface area contributed by atoms with Crippen LogP contribution in [0.3, 0.4) is 0 Å². The zero-order valence-corrected chi connectivity index (χ0v) is 21.4. The Kier molecular flexibility index (Phi) is 11.7. The van der Waals surface area contributed by atoms with Gasteiger partial charge in [0.1, 0.15) is 23.3 Å². The Balaban J connectivity index is 1.29. The first-order valence-electron chi connectivity index (χ1n) is 13.7. The van der Waals surface area contributed by atoms with Gasteiger partial charge in [-0.2, -0.15) is 0 Å². The number of aromatic hydroxyl groups is 1. The van der Waals surface area contributed by atoms with Gasteiger partial charge in [0.25, 0.3) is 0 Å². The van der Waals surface area contributed by atoms with Crippen LogP contribution in [0.2, 0.25) is 0 Å². The lowest BCUT2D eigenvalue weighted by Crippen LogP contribution is -2.05. The van der Waals surface area contributed by atoms with Gasteiger partial charge in [-0.15, -0.1) is 0 Å². The van der Waals surface area contributed by atoms with Gasteiger partial charge in [0.15, 0.2) is 5.43 Å². The number of phenols is 1. The second kappa shape index (κ2) is 15.3. The molecule has 0 unspecified atom stereocenters. The van der Waals surface area contributed by atoms with Crippen molar-refractivity contribution in [3.05, 3.63) is 59.0 Å². The highest BCUT2D eigenvalue weighted by Crippen LogP contribution is 2.24. The first-order chi connectivity index (χ1) is 17.2. The first-order valence-corrected chi connectivity index (χ1v) is 13.7. The number of phenolic OH excluding ortho intramolecular Hbond substituents is 1. The maximum Gasteiger partial charge on any atom is 0.200 e. The van der Waals surface area contributed by atoms with E-state index in [2.05, 4.69) is 6.92 Å². The molecule has 0 atom stereocenters. The fourth-order valence-corrected chi connectivity index (χ4v) is 4.53. The lowest BCUT2D eigenvalue weighted by molar-refractivity contribution is 0.304. The molecule has 0 aliphatic rings. The van der Waals surface area contributed by atoms with E-state index in [1.54, 1.807) is 36.4 Å². The molecule has 0 saturated carbocycles. The van der Waals surface area contributed by atoms with E-state index in [1.165, 1.54) is 89.7 Å². The number of rotatable bonds is 17. The number of unbranched alkanes of at least 4 members (excludes halogenated alkanes) is 13. The van der Waals surface area contributed by atoms with Crippen LogP contribution in [-0.2, 0) is 0 Å². The lowest BCUT2D eigenvalue weighted by atomic mass is 10.0. The Morgan fingerprint density at radius 2 is 1.31 bits per heavy atom. The molecule has 35 heavy (non-hydrogen) atoms. The Morgan fingerprint density at radius 1 is 0.743 bits per heavy atom. The molecule has 0 aliphatic carbocycles.